The second kappa shape index (κ2) is 5.05. The summed E-state index contributed by atoms with van der Waals surface area (Å²) in [5, 5.41) is 9.04. The first-order valence-corrected chi connectivity index (χ1v) is 5.68. The van der Waals surface area contributed by atoms with Crippen molar-refractivity contribution in [1.82, 2.24) is 9.97 Å². The van der Waals surface area contributed by atoms with Gasteiger partial charge in [0.05, 0.1) is 12.8 Å². The van der Waals surface area contributed by atoms with Gasteiger partial charge in [-0.25, -0.2) is 4.79 Å². The molecule has 2 rings (SSSR count). The molecule has 0 fully saturated rings. The van der Waals surface area contributed by atoms with Crippen LogP contribution in [0, 0.1) is 4.77 Å². The summed E-state index contributed by atoms with van der Waals surface area (Å²) in [5.41, 5.74) is 1.60. The smallest absolute Gasteiger partial charge is 0.354 e. The number of carboxylic acid groups (broad SMARTS) is 1. The van der Waals surface area contributed by atoms with Crippen molar-refractivity contribution in [3.63, 3.8) is 0 Å². The van der Waals surface area contributed by atoms with E-state index in [0.29, 0.717) is 16.9 Å². The predicted molar refractivity (Wildman–Crippen MR) is 68.7 cm³/mol. The van der Waals surface area contributed by atoms with Gasteiger partial charge in [-0.1, -0.05) is 12.1 Å². The number of carboxylic acids is 1. The summed E-state index contributed by atoms with van der Waals surface area (Å²) < 4.78 is 5.43. The summed E-state index contributed by atoms with van der Waals surface area (Å²) in [6, 6.07) is 7.45. The molecule has 0 saturated carbocycles. The van der Waals surface area contributed by atoms with Crippen molar-refractivity contribution < 1.29 is 14.6 Å². The van der Waals surface area contributed by atoms with E-state index in [1.165, 1.54) is 0 Å². The minimum atomic E-state index is -1.03. The molecule has 0 bridgehead atoms. The van der Waals surface area contributed by atoms with Crippen molar-refractivity contribution in [3.05, 3.63) is 46.0 Å². The Morgan fingerprint density at radius 1 is 1.44 bits per heavy atom. The molecule has 0 saturated heterocycles. The van der Waals surface area contributed by atoms with E-state index in [4.69, 9.17) is 22.1 Å². The van der Waals surface area contributed by atoms with Gasteiger partial charge in [-0.2, -0.15) is 0 Å². The zero-order valence-electron chi connectivity index (χ0n) is 9.69. The Morgan fingerprint density at radius 3 is 2.89 bits per heavy atom. The van der Waals surface area contributed by atoms with Crippen molar-refractivity contribution in [2.24, 2.45) is 0 Å². The van der Waals surface area contributed by atoms with E-state index < -0.39 is 5.97 Å². The number of imidazole rings is 1. The monoisotopic (exact) mass is 264 g/mol. The summed E-state index contributed by atoms with van der Waals surface area (Å²) in [6.07, 6.45) is 0.450. The molecule has 5 nitrogen and oxygen atoms in total. The molecule has 0 amide bonds. The molecule has 6 heteroatoms. The molecule has 0 aliphatic rings. The standard InChI is InChI=1S/C12H12N2O3S/c1-17-8-4-2-3-7(5-8)6-9-10(11(15)16)14-12(18)13-9/h2-5H,6H2,1H3,(H,15,16)(H2,13,14,18). The fourth-order valence-electron chi connectivity index (χ4n) is 1.72. The lowest BCUT2D eigenvalue weighted by Crippen LogP contribution is -2.02. The first kappa shape index (κ1) is 12.4. The number of aromatic nitrogens is 2. The third kappa shape index (κ3) is 2.60. The summed E-state index contributed by atoms with van der Waals surface area (Å²) in [5.74, 6) is -0.293. The number of aromatic carboxylic acids is 1. The molecule has 1 aromatic carbocycles. The summed E-state index contributed by atoms with van der Waals surface area (Å²) >= 11 is 4.91. The van der Waals surface area contributed by atoms with Gasteiger partial charge < -0.3 is 19.8 Å². The van der Waals surface area contributed by atoms with Crippen LogP contribution in [0.1, 0.15) is 21.7 Å². The number of hydrogen-bond donors (Lipinski definition) is 3. The van der Waals surface area contributed by atoms with Gasteiger partial charge in [-0.15, -0.1) is 0 Å². The van der Waals surface area contributed by atoms with Gasteiger partial charge in [0.25, 0.3) is 0 Å². The van der Waals surface area contributed by atoms with Crippen LogP contribution in [0.15, 0.2) is 24.3 Å². The van der Waals surface area contributed by atoms with E-state index in [2.05, 4.69) is 9.97 Å². The number of hydrogen-bond acceptors (Lipinski definition) is 3. The maximum absolute atomic E-state index is 11.0. The van der Waals surface area contributed by atoms with E-state index >= 15 is 0 Å². The van der Waals surface area contributed by atoms with Crippen LogP contribution >= 0.6 is 12.2 Å². The van der Waals surface area contributed by atoms with E-state index in [9.17, 15) is 4.79 Å². The number of rotatable bonds is 4. The highest BCUT2D eigenvalue weighted by molar-refractivity contribution is 7.71. The Bertz CT molecular complexity index is 630. The number of aromatic amines is 2. The van der Waals surface area contributed by atoms with Crippen molar-refractivity contribution in [3.8, 4) is 5.75 Å². The van der Waals surface area contributed by atoms with Crippen molar-refractivity contribution in [2.75, 3.05) is 7.11 Å². The minimum absolute atomic E-state index is 0.0998. The highest BCUT2D eigenvalue weighted by atomic mass is 32.1. The number of H-pyrrole nitrogens is 2. The Labute approximate surface area is 108 Å². The minimum Gasteiger partial charge on any atom is -0.497 e. The van der Waals surface area contributed by atoms with Gasteiger partial charge in [-0.3, -0.25) is 0 Å². The number of carbonyl (C=O) groups is 1. The first-order chi connectivity index (χ1) is 8.60. The van der Waals surface area contributed by atoms with Crippen LogP contribution in [0.4, 0.5) is 0 Å². The van der Waals surface area contributed by atoms with Crippen LogP contribution in [0.25, 0.3) is 0 Å². The molecule has 18 heavy (non-hydrogen) atoms. The van der Waals surface area contributed by atoms with E-state index in [1.807, 2.05) is 24.3 Å². The van der Waals surface area contributed by atoms with Gasteiger partial charge in [0.15, 0.2) is 4.77 Å². The molecule has 0 spiro atoms. The molecule has 0 unspecified atom stereocenters. The maximum Gasteiger partial charge on any atom is 0.354 e. The lowest BCUT2D eigenvalue weighted by atomic mass is 10.1. The largest absolute Gasteiger partial charge is 0.497 e. The Kier molecular flexibility index (Phi) is 3.47. The average molecular weight is 264 g/mol. The fourth-order valence-corrected chi connectivity index (χ4v) is 1.95. The predicted octanol–water partition coefficient (Wildman–Crippen LogP) is 2.37. The second-order valence-corrected chi connectivity index (χ2v) is 4.17. The molecule has 0 aliphatic carbocycles. The Hall–Kier alpha value is -2.08. The summed E-state index contributed by atoms with van der Waals surface area (Å²) in [4.78, 5) is 16.5. The lowest BCUT2D eigenvalue weighted by Gasteiger charge is -2.04. The van der Waals surface area contributed by atoms with Crippen molar-refractivity contribution >= 4 is 18.2 Å². The number of methoxy groups -OCH3 is 1. The molecule has 3 N–H and O–H groups in total. The van der Waals surface area contributed by atoms with Crippen molar-refractivity contribution in [1.29, 1.82) is 0 Å². The normalized spacial score (nSPS) is 10.3. The zero-order valence-corrected chi connectivity index (χ0v) is 10.5. The first-order valence-electron chi connectivity index (χ1n) is 5.27. The molecular weight excluding hydrogens is 252 g/mol. The van der Waals surface area contributed by atoms with Crippen LogP contribution in [-0.2, 0) is 6.42 Å². The number of ether oxygens (including phenoxy) is 1. The van der Waals surface area contributed by atoms with E-state index in [0.717, 1.165) is 11.3 Å². The number of nitrogens with one attached hydrogen (secondary N) is 2. The van der Waals surface area contributed by atoms with Crippen LogP contribution in [0.5, 0.6) is 5.75 Å². The zero-order chi connectivity index (χ0) is 13.1. The highest BCUT2D eigenvalue weighted by Crippen LogP contribution is 2.17. The van der Waals surface area contributed by atoms with Gasteiger partial charge in [0.2, 0.25) is 0 Å². The Balaban J connectivity index is 2.33. The van der Waals surface area contributed by atoms with Crippen LogP contribution in [0.3, 0.4) is 0 Å². The van der Waals surface area contributed by atoms with E-state index in [1.54, 1.807) is 7.11 Å². The highest BCUT2D eigenvalue weighted by Gasteiger charge is 2.13. The Morgan fingerprint density at radius 2 is 2.22 bits per heavy atom. The van der Waals surface area contributed by atoms with Gasteiger partial charge in [0.1, 0.15) is 11.4 Å². The van der Waals surface area contributed by atoms with Crippen LogP contribution in [0.2, 0.25) is 0 Å². The summed E-state index contributed by atoms with van der Waals surface area (Å²) in [6.45, 7) is 0. The lowest BCUT2D eigenvalue weighted by molar-refractivity contribution is 0.0690. The molecule has 0 aliphatic heterocycles. The molecular formula is C12H12N2O3S. The fraction of sp³-hybridized carbons (Fsp3) is 0.167. The average Bonchev–Trinajstić information content (AvgIpc) is 2.70. The topological polar surface area (TPSA) is 78.1 Å². The molecule has 2 aromatic rings. The quantitative estimate of drug-likeness (QED) is 0.741. The third-order valence-corrected chi connectivity index (χ3v) is 2.74. The molecule has 0 atom stereocenters. The third-order valence-electron chi connectivity index (χ3n) is 2.53. The summed E-state index contributed by atoms with van der Waals surface area (Å²) in [7, 11) is 1.59. The van der Waals surface area contributed by atoms with Crippen LogP contribution in [-0.4, -0.2) is 28.2 Å². The van der Waals surface area contributed by atoms with Crippen LogP contribution < -0.4 is 4.74 Å². The van der Waals surface area contributed by atoms with Gasteiger partial charge in [-0.05, 0) is 29.9 Å². The second-order valence-electron chi connectivity index (χ2n) is 3.77. The maximum atomic E-state index is 11.0. The molecule has 0 radical (unpaired) electrons. The number of benzene rings is 1. The van der Waals surface area contributed by atoms with Gasteiger partial charge in [0, 0.05) is 6.42 Å². The molecule has 94 valence electrons. The SMILES string of the molecule is COc1cccc(Cc2[nH]c(=S)[nH]c2C(=O)O)c1. The van der Waals surface area contributed by atoms with Crippen molar-refractivity contribution in [2.45, 2.75) is 6.42 Å². The van der Waals surface area contributed by atoms with Gasteiger partial charge >= 0.3 is 5.97 Å². The molecule has 1 aromatic heterocycles. The molecule has 1 heterocycles. The van der Waals surface area contributed by atoms with E-state index in [-0.39, 0.29) is 5.69 Å².